The second-order valence-corrected chi connectivity index (χ2v) is 10.4. The number of aryl methyl sites for hydroxylation is 2. The first kappa shape index (κ1) is 20.6. The number of rotatable bonds is 4. The van der Waals surface area contributed by atoms with Crippen LogP contribution in [0, 0.1) is 22.0 Å². The molecule has 1 heterocycles. The van der Waals surface area contributed by atoms with E-state index in [9.17, 15) is 20.0 Å². The van der Waals surface area contributed by atoms with E-state index in [4.69, 9.17) is 0 Å². The van der Waals surface area contributed by atoms with Gasteiger partial charge in [0.05, 0.1) is 11.9 Å². The topological polar surface area (TPSA) is 109 Å². The number of nitrogens with one attached hydrogen (secondary N) is 1. The molecule has 2 bridgehead atoms. The minimum atomic E-state index is -1.99. The highest BCUT2D eigenvalue weighted by atomic mass is 79.9. The van der Waals surface area contributed by atoms with E-state index < -0.39 is 28.3 Å². The van der Waals surface area contributed by atoms with Gasteiger partial charge < -0.3 is 10.1 Å². The van der Waals surface area contributed by atoms with Crippen LogP contribution in [0.4, 0.5) is 0 Å². The number of benzene rings is 2. The van der Waals surface area contributed by atoms with Crippen molar-refractivity contribution < 1.29 is 14.8 Å². The molecule has 2 saturated carbocycles. The van der Waals surface area contributed by atoms with E-state index in [-0.39, 0.29) is 5.92 Å². The zero-order valence-corrected chi connectivity index (χ0v) is 19.3. The molecular weight excluding hydrogens is 486 g/mol. The first-order chi connectivity index (χ1) is 15.9. The van der Waals surface area contributed by atoms with Crippen molar-refractivity contribution >= 4 is 21.9 Å². The Morgan fingerprint density at radius 1 is 1.15 bits per heavy atom. The van der Waals surface area contributed by atoms with Crippen molar-refractivity contribution in [3.8, 4) is 22.4 Å². The van der Waals surface area contributed by atoms with E-state index in [0.717, 1.165) is 35.0 Å². The molecule has 0 radical (unpaired) electrons. The first-order valence-electron chi connectivity index (χ1n) is 11.2. The van der Waals surface area contributed by atoms with Gasteiger partial charge in [-0.3, -0.25) is 10.1 Å². The largest absolute Gasteiger partial charge is 0.476 e. The molecule has 4 unspecified atom stereocenters. The second kappa shape index (κ2) is 7.25. The number of hydrogen-bond donors (Lipinski definition) is 2. The van der Waals surface area contributed by atoms with Crippen LogP contribution in [0.2, 0.25) is 0 Å². The monoisotopic (exact) mass is 507 g/mol. The summed E-state index contributed by atoms with van der Waals surface area (Å²) >= 11 is 3.55. The van der Waals surface area contributed by atoms with Gasteiger partial charge in [-0.25, -0.2) is 9.78 Å². The molecule has 4 atom stereocenters. The number of hydrogen-bond acceptors (Lipinski definition) is 4. The Kier molecular flexibility index (Phi) is 4.52. The molecular formula is C25H22BrN3O4. The average molecular weight is 508 g/mol. The van der Waals surface area contributed by atoms with E-state index in [2.05, 4.69) is 56.2 Å². The number of nitrogens with zero attached hydrogens (tertiary/aromatic N) is 2. The van der Waals surface area contributed by atoms with Crippen molar-refractivity contribution in [1.82, 2.24) is 9.97 Å². The quantitative estimate of drug-likeness (QED) is 0.371. The molecule has 6 rings (SSSR count). The van der Waals surface area contributed by atoms with Crippen LogP contribution in [0.1, 0.15) is 42.1 Å². The lowest BCUT2D eigenvalue weighted by Gasteiger charge is -2.31. The molecule has 0 amide bonds. The van der Waals surface area contributed by atoms with Gasteiger partial charge in [-0.05, 0) is 84.0 Å². The Balaban J connectivity index is 1.37. The predicted molar refractivity (Wildman–Crippen MR) is 126 cm³/mol. The van der Waals surface area contributed by atoms with Gasteiger partial charge in [-0.15, -0.1) is 0 Å². The lowest BCUT2D eigenvalue weighted by atomic mass is 9.72. The van der Waals surface area contributed by atoms with Crippen molar-refractivity contribution in [2.24, 2.45) is 11.8 Å². The summed E-state index contributed by atoms with van der Waals surface area (Å²) in [6.07, 6.45) is 5.55. The van der Waals surface area contributed by atoms with Crippen LogP contribution in [0.25, 0.3) is 22.4 Å². The first-order valence-corrected chi connectivity index (χ1v) is 12.0. The van der Waals surface area contributed by atoms with Crippen LogP contribution in [0.15, 0.2) is 47.1 Å². The smallest absolute Gasteiger partial charge is 0.383 e. The highest BCUT2D eigenvalue weighted by Gasteiger charge is 2.73. The number of carboxylic acid groups (broad SMARTS) is 1. The summed E-state index contributed by atoms with van der Waals surface area (Å²) in [5, 5.41) is 22.0. The summed E-state index contributed by atoms with van der Waals surface area (Å²) in [6.45, 7) is 0. The average Bonchev–Trinajstić information content (AvgIpc) is 3.53. The van der Waals surface area contributed by atoms with Crippen molar-refractivity contribution in [1.29, 1.82) is 0 Å². The number of halogens is 1. The third-order valence-electron chi connectivity index (χ3n) is 8.01. The number of nitro groups is 1. The molecule has 3 aromatic rings. The molecule has 8 heteroatoms. The lowest BCUT2D eigenvalue weighted by Crippen LogP contribution is -2.55. The van der Waals surface area contributed by atoms with Crippen molar-refractivity contribution in [3.63, 3.8) is 0 Å². The number of carbonyl (C=O) groups is 1. The Morgan fingerprint density at radius 3 is 2.61 bits per heavy atom. The van der Waals surface area contributed by atoms with Crippen molar-refractivity contribution in [3.05, 3.63) is 74.1 Å². The van der Waals surface area contributed by atoms with Crippen LogP contribution >= 0.6 is 15.9 Å². The van der Waals surface area contributed by atoms with E-state index in [1.54, 1.807) is 6.20 Å². The maximum Gasteiger partial charge on any atom is 0.383 e. The summed E-state index contributed by atoms with van der Waals surface area (Å²) in [4.78, 5) is 31.5. The molecule has 2 N–H and O–H groups in total. The Morgan fingerprint density at radius 2 is 1.88 bits per heavy atom. The van der Waals surface area contributed by atoms with Crippen LogP contribution in [0.5, 0.6) is 0 Å². The van der Waals surface area contributed by atoms with Crippen molar-refractivity contribution in [2.45, 2.75) is 43.6 Å². The van der Waals surface area contributed by atoms with Gasteiger partial charge in [0.15, 0.2) is 0 Å². The Labute approximate surface area is 198 Å². The number of imidazole rings is 1. The molecule has 1 aromatic heterocycles. The summed E-state index contributed by atoms with van der Waals surface area (Å²) in [6, 6.07) is 12.7. The number of aliphatic carboxylic acids is 1. The number of H-pyrrole nitrogens is 1. The molecule has 33 heavy (non-hydrogen) atoms. The fourth-order valence-electron chi connectivity index (χ4n) is 6.59. The zero-order valence-electron chi connectivity index (χ0n) is 17.8. The van der Waals surface area contributed by atoms with E-state index >= 15 is 0 Å². The Bertz CT molecular complexity index is 1300. The van der Waals surface area contributed by atoms with Gasteiger partial charge in [0, 0.05) is 15.3 Å². The van der Waals surface area contributed by atoms with Gasteiger partial charge >= 0.3 is 11.5 Å². The van der Waals surface area contributed by atoms with Crippen LogP contribution in [-0.2, 0) is 17.6 Å². The molecule has 2 fully saturated rings. The fraction of sp³-hybridized carbons (Fsp3) is 0.360. The molecule has 3 aliphatic rings. The lowest BCUT2D eigenvalue weighted by molar-refractivity contribution is -0.568. The molecule has 168 valence electrons. The Hall–Kier alpha value is -3.00. The third-order valence-corrected chi connectivity index (χ3v) is 8.51. The van der Waals surface area contributed by atoms with Gasteiger partial charge in [-0.2, -0.15) is 0 Å². The van der Waals surface area contributed by atoms with E-state index in [0.29, 0.717) is 18.7 Å². The molecule has 0 spiro atoms. The highest BCUT2D eigenvalue weighted by Crippen LogP contribution is 2.59. The summed E-state index contributed by atoms with van der Waals surface area (Å²) in [5.41, 5.74) is 4.77. The maximum atomic E-state index is 12.2. The molecule has 7 nitrogen and oxygen atoms in total. The summed E-state index contributed by atoms with van der Waals surface area (Å²) in [7, 11) is 0. The highest BCUT2D eigenvalue weighted by molar-refractivity contribution is 9.10. The molecule has 0 aliphatic heterocycles. The predicted octanol–water partition coefficient (Wildman–Crippen LogP) is 5.22. The van der Waals surface area contributed by atoms with Gasteiger partial charge in [0.1, 0.15) is 11.7 Å². The van der Waals surface area contributed by atoms with E-state index in [1.165, 1.54) is 22.3 Å². The molecule has 3 aliphatic carbocycles. The minimum Gasteiger partial charge on any atom is -0.476 e. The normalized spacial score (nSPS) is 27.2. The summed E-state index contributed by atoms with van der Waals surface area (Å²) in [5.74, 6) is -2.14. The van der Waals surface area contributed by atoms with Gasteiger partial charge in [0.25, 0.3) is 0 Å². The fourth-order valence-corrected chi connectivity index (χ4v) is 6.99. The maximum absolute atomic E-state index is 12.2. The molecule has 2 aromatic carbocycles. The molecule has 0 saturated heterocycles. The number of fused-ring (bicyclic) bond motifs is 5. The second-order valence-electron chi connectivity index (χ2n) is 9.49. The standard InChI is InChI=1S/C25H22BrN3O4/c26-18-6-8-20-14(11-18)2-1-13-9-15(4-7-19(13)20)21-12-27-23(28-21)22-16-3-5-17(10-16)25(22,24(30)31)29(32)33/h4,6-9,11-12,16-17,22H,1-3,5,10H2,(H,27,28)(H,30,31). The zero-order chi connectivity index (χ0) is 22.9. The van der Waals surface area contributed by atoms with Crippen LogP contribution < -0.4 is 0 Å². The number of carboxylic acids is 1. The van der Waals surface area contributed by atoms with Crippen LogP contribution in [0.3, 0.4) is 0 Å². The third kappa shape index (κ3) is 2.86. The van der Waals surface area contributed by atoms with Gasteiger partial charge in [0.2, 0.25) is 0 Å². The summed E-state index contributed by atoms with van der Waals surface area (Å²) < 4.78 is 1.08. The number of aromatic amines is 1. The SMILES string of the molecule is O=C(O)C1([N+](=O)[O-])C2CCC(C2)C1c1ncc(-c2ccc3c(c2)CCc2cc(Br)ccc2-3)[nH]1. The van der Waals surface area contributed by atoms with Crippen LogP contribution in [-0.4, -0.2) is 31.5 Å². The van der Waals surface area contributed by atoms with E-state index in [1.807, 2.05) is 6.07 Å². The van der Waals surface area contributed by atoms with Crippen molar-refractivity contribution in [2.75, 3.05) is 0 Å². The van der Waals surface area contributed by atoms with Gasteiger partial charge in [-0.1, -0.05) is 34.1 Å². The number of aromatic nitrogens is 2. The minimum absolute atomic E-state index is 0.0325.